The second-order valence-corrected chi connectivity index (χ2v) is 7.68. The average molecular weight is 575 g/mol. The molecular weight excluding hydrogens is 543 g/mol. The van der Waals surface area contributed by atoms with E-state index in [2.05, 4.69) is 28.5 Å². The normalized spacial score (nSPS) is 15.7. The summed E-state index contributed by atoms with van der Waals surface area (Å²) < 4.78 is 16.4. The minimum absolute atomic E-state index is 0. The Bertz CT molecular complexity index is 913. The number of hydrogen-bond acceptors (Lipinski definition) is 5. The van der Waals surface area contributed by atoms with Crippen molar-refractivity contribution in [2.75, 3.05) is 45.9 Å². The van der Waals surface area contributed by atoms with Gasteiger partial charge in [0.15, 0.2) is 17.5 Å². The first-order chi connectivity index (χ1) is 15.1. The molecule has 0 radical (unpaired) electrons. The number of hydrogen-bond donors (Lipinski definition) is 2. The van der Waals surface area contributed by atoms with Crippen molar-refractivity contribution in [2.24, 2.45) is 4.99 Å². The van der Waals surface area contributed by atoms with Gasteiger partial charge in [0, 0.05) is 41.9 Å². The highest BCUT2D eigenvalue weighted by atomic mass is 127. The van der Waals surface area contributed by atoms with Crippen LogP contribution < -0.4 is 29.7 Å². The molecule has 7 nitrogen and oxygen atoms in total. The molecule has 1 aliphatic rings. The van der Waals surface area contributed by atoms with Gasteiger partial charge in [0.25, 0.3) is 0 Å². The lowest BCUT2D eigenvalue weighted by Gasteiger charge is -2.21. The zero-order valence-corrected chi connectivity index (χ0v) is 22.1. The van der Waals surface area contributed by atoms with Gasteiger partial charge < -0.3 is 29.7 Å². The van der Waals surface area contributed by atoms with Crippen molar-refractivity contribution < 1.29 is 14.2 Å². The zero-order chi connectivity index (χ0) is 22.2. The Morgan fingerprint density at radius 3 is 2.56 bits per heavy atom. The molecular formula is C23H32ClIN4O3. The summed E-state index contributed by atoms with van der Waals surface area (Å²) in [6.07, 6.45) is 1.02. The Morgan fingerprint density at radius 2 is 1.91 bits per heavy atom. The Labute approximate surface area is 212 Å². The van der Waals surface area contributed by atoms with Crippen molar-refractivity contribution in [1.82, 2.24) is 10.6 Å². The number of nitrogens with one attached hydrogen (secondary N) is 2. The fourth-order valence-electron chi connectivity index (χ4n) is 3.75. The molecule has 1 fully saturated rings. The number of ether oxygens (including phenoxy) is 3. The SMILES string of the molecule is CCNC(=NCc1ccc(OC)c(OC)c1OC)NC1CCN(c2cccc(Cl)c2)C1.I. The van der Waals surface area contributed by atoms with E-state index in [1.807, 2.05) is 30.3 Å². The minimum atomic E-state index is 0. The molecule has 9 heteroatoms. The van der Waals surface area contributed by atoms with Crippen LogP contribution in [0.5, 0.6) is 17.2 Å². The van der Waals surface area contributed by atoms with Gasteiger partial charge in [0.05, 0.1) is 27.9 Å². The zero-order valence-electron chi connectivity index (χ0n) is 19.0. The molecule has 1 heterocycles. The Balaban J connectivity index is 0.00000363. The Morgan fingerprint density at radius 1 is 1.12 bits per heavy atom. The lowest BCUT2D eigenvalue weighted by atomic mass is 10.1. The number of aliphatic imine (C=N–C) groups is 1. The second kappa shape index (κ2) is 12.8. The third kappa shape index (κ3) is 6.48. The van der Waals surface area contributed by atoms with Crippen LogP contribution in [0.3, 0.4) is 0 Å². The predicted octanol–water partition coefficient (Wildman–Crippen LogP) is 4.32. The van der Waals surface area contributed by atoms with E-state index in [-0.39, 0.29) is 24.0 Å². The summed E-state index contributed by atoms with van der Waals surface area (Å²) in [6.45, 7) is 5.15. The molecule has 0 aromatic heterocycles. The summed E-state index contributed by atoms with van der Waals surface area (Å²) in [5.41, 5.74) is 2.07. The highest BCUT2D eigenvalue weighted by Crippen LogP contribution is 2.40. The van der Waals surface area contributed by atoms with E-state index < -0.39 is 0 Å². The summed E-state index contributed by atoms with van der Waals surface area (Å²) >= 11 is 6.15. The van der Waals surface area contributed by atoms with Crippen LogP contribution in [0.1, 0.15) is 18.9 Å². The topological polar surface area (TPSA) is 67.4 Å². The minimum Gasteiger partial charge on any atom is -0.493 e. The summed E-state index contributed by atoms with van der Waals surface area (Å²) in [5, 5.41) is 7.65. The monoisotopic (exact) mass is 574 g/mol. The molecule has 1 saturated heterocycles. The van der Waals surface area contributed by atoms with Crippen LogP contribution >= 0.6 is 35.6 Å². The standard InChI is InChI=1S/C23H31ClN4O3.HI/c1-5-25-23(26-14-16-9-10-20(29-2)22(31-4)21(16)30-3)27-18-11-12-28(15-18)19-8-6-7-17(24)13-19;/h6-10,13,18H,5,11-12,14-15H2,1-4H3,(H2,25,26,27);1H. The molecule has 1 unspecified atom stereocenters. The Hall–Kier alpha value is -2.07. The summed E-state index contributed by atoms with van der Waals surface area (Å²) in [5.74, 6) is 2.61. The largest absolute Gasteiger partial charge is 0.493 e. The lowest BCUT2D eigenvalue weighted by Crippen LogP contribution is -2.44. The number of anilines is 1. The van der Waals surface area contributed by atoms with E-state index in [9.17, 15) is 0 Å². The molecule has 2 N–H and O–H groups in total. The van der Waals surface area contributed by atoms with Gasteiger partial charge in [-0.1, -0.05) is 17.7 Å². The molecule has 0 amide bonds. The molecule has 1 atom stereocenters. The summed E-state index contributed by atoms with van der Waals surface area (Å²) in [7, 11) is 4.83. The van der Waals surface area contributed by atoms with Crippen LogP contribution in [0.25, 0.3) is 0 Å². The van der Waals surface area contributed by atoms with Crippen LogP contribution in [0.15, 0.2) is 41.4 Å². The molecule has 2 aromatic carbocycles. The van der Waals surface area contributed by atoms with E-state index >= 15 is 0 Å². The highest BCUT2D eigenvalue weighted by molar-refractivity contribution is 14.0. The quantitative estimate of drug-likeness (QED) is 0.278. The highest BCUT2D eigenvalue weighted by Gasteiger charge is 2.24. The molecule has 0 aliphatic carbocycles. The van der Waals surface area contributed by atoms with Crippen molar-refractivity contribution in [3.8, 4) is 17.2 Å². The van der Waals surface area contributed by atoms with Crippen molar-refractivity contribution in [3.63, 3.8) is 0 Å². The summed E-state index contributed by atoms with van der Waals surface area (Å²) in [6, 6.07) is 12.1. The van der Waals surface area contributed by atoms with E-state index in [4.69, 9.17) is 30.8 Å². The lowest BCUT2D eigenvalue weighted by molar-refractivity contribution is 0.322. The molecule has 176 valence electrons. The van der Waals surface area contributed by atoms with Crippen LogP contribution in [-0.4, -0.2) is 53.0 Å². The smallest absolute Gasteiger partial charge is 0.203 e. The molecule has 0 saturated carbocycles. The first-order valence-electron chi connectivity index (χ1n) is 10.4. The fraction of sp³-hybridized carbons (Fsp3) is 0.435. The number of halogens is 2. The van der Waals surface area contributed by atoms with Crippen molar-refractivity contribution in [3.05, 3.63) is 47.0 Å². The number of nitrogens with zero attached hydrogens (tertiary/aromatic N) is 2. The maximum Gasteiger partial charge on any atom is 0.203 e. The van der Waals surface area contributed by atoms with E-state index in [1.54, 1.807) is 21.3 Å². The van der Waals surface area contributed by atoms with Crippen molar-refractivity contribution in [2.45, 2.75) is 25.9 Å². The van der Waals surface area contributed by atoms with E-state index in [1.165, 1.54) is 0 Å². The van der Waals surface area contributed by atoms with Crippen molar-refractivity contribution >= 4 is 47.2 Å². The third-order valence-corrected chi connectivity index (χ3v) is 5.48. The molecule has 0 bridgehead atoms. The van der Waals surface area contributed by atoms with Gasteiger partial charge in [-0.15, -0.1) is 24.0 Å². The molecule has 32 heavy (non-hydrogen) atoms. The fourth-order valence-corrected chi connectivity index (χ4v) is 3.94. The first kappa shape index (κ1) is 26.2. The van der Waals surface area contributed by atoms with Crippen LogP contribution in [0.2, 0.25) is 5.02 Å². The van der Waals surface area contributed by atoms with Gasteiger partial charge in [-0.2, -0.15) is 0 Å². The van der Waals surface area contributed by atoms with Crippen molar-refractivity contribution in [1.29, 1.82) is 0 Å². The molecule has 1 aliphatic heterocycles. The third-order valence-electron chi connectivity index (χ3n) is 5.24. The van der Waals surface area contributed by atoms with Gasteiger partial charge in [-0.05, 0) is 43.7 Å². The number of guanidine groups is 1. The molecule has 3 rings (SSSR count). The number of benzene rings is 2. The first-order valence-corrected chi connectivity index (χ1v) is 10.8. The maximum atomic E-state index is 6.15. The van der Waals surface area contributed by atoms with Gasteiger partial charge >= 0.3 is 0 Å². The maximum absolute atomic E-state index is 6.15. The van der Waals surface area contributed by atoms with Gasteiger partial charge in [0.1, 0.15) is 0 Å². The van der Waals surface area contributed by atoms with E-state index in [0.717, 1.165) is 48.3 Å². The number of rotatable bonds is 8. The summed E-state index contributed by atoms with van der Waals surface area (Å²) in [4.78, 5) is 7.11. The Kier molecular flexibility index (Phi) is 10.5. The second-order valence-electron chi connectivity index (χ2n) is 7.24. The predicted molar refractivity (Wildman–Crippen MR) is 142 cm³/mol. The van der Waals surface area contributed by atoms with Gasteiger partial charge in [-0.3, -0.25) is 0 Å². The molecule has 2 aromatic rings. The van der Waals surface area contributed by atoms with Crippen LogP contribution in [0, 0.1) is 0 Å². The van der Waals surface area contributed by atoms with Crippen LogP contribution in [0.4, 0.5) is 5.69 Å². The van der Waals surface area contributed by atoms with E-state index in [0.29, 0.717) is 29.8 Å². The van der Waals surface area contributed by atoms with Gasteiger partial charge in [-0.25, -0.2) is 4.99 Å². The van der Waals surface area contributed by atoms with Gasteiger partial charge in [0.2, 0.25) is 5.75 Å². The average Bonchev–Trinajstić information content (AvgIpc) is 3.25. The van der Waals surface area contributed by atoms with Crippen LogP contribution in [-0.2, 0) is 6.54 Å². The number of methoxy groups -OCH3 is 3. The molecule has 0 spiro atoms.